The summed E-state index contributed by atoms with van der Waals surface area (Å²) >= 11 is 0. The minimum atomic E-state index is -6.09. The SMILES string of the molecule is CC(C)[n+]1c2c(c(-c3ccc(C(F)(F)F)cc3)c3c1-c1ccccc1CC3)CCc1ccccc1-2.CN1CCCN(C)C1=O.O=S(=O)([O-])C(F)(F)F. The molecule has 2 heterocycles. The Balaban J connectivity index is 0.000000254. The van der Waals surface area contributed by atoms with Gasteiger partial charge in [0.1, 0.15) is 0 Å². The smallest absolute Gasteiger partial charge is 0.485 e. The molecule has 1 fully saturated rings. The Morgan fingerprint density at radius 2 is 1.13 bits per heavy atom. The zero-order chi connectivity index (χ0) is 38.2. The Hall–Kier alpha value is -4.43. The number of halogens is 6. The second-order valence-corrected chi connectivity index (χ2v) is 14.6. The Bertz CT molecular complexity index is 1970. The van der Waals surface area contributed by atoms with E-state index >= 15 is 0 Å². The van der Waals surface area contributed by atoms with Gasteiger partial charge in [0.25, 0.3) is 0 Å². The number of amides is 2. The van der Waals surface area contributed by atoms with Gasteiger partial charge in [0, 0.05) is 55.0 Å². The first-order valence-corrected chi connectivity index (χ1v) is 18.2. The van der Waals surface area contributed by atoms with Crippen LogP contribution in [0.15, 0.2) is 72.8 Å². The molecule has 1 saturated heterocycles. The van der Waals surface area contributed by atoms with Crippen LogP contribution in [0.1, 0.15) is 54.1 Å². The topological polar surface area (TPSA) is 84.6 Å². The highest BCUT2D eigenvalue weighted by Crippen LogP contribution is 2.45. The van der Waals surface area contributed by atoms with Crippen LogP contribution in [0.2, 0.25) is 0 Å². The monoisotopic (exact) mass is 747 g/mol. The molecule has 52 heavy (non-hydrogen) atoms. The van der Waals surface area contributed by atoms with Crippen molar-refractivity contribution in [2.45, 2.75) is 63.7 Å². The van der Waals surface area contributed by atoms with E-state index in [-0.39, 0.29) is 12.1 Å². The van der Waals surface area contributed by atoms with E-state index < -0.39 is 27.4 Å². The number of pyridine rings is 1. The molecular formula is C38H39F6N3O4S. The van der Waals surface area contributed by atoms with Crippen LogP contribution in [-0.2, 0) is 42.0 Å². The molecule has 14 heteroatoms. The van der Waals surface area contributed by atoms with Crippen LogP contribution in [0.3, 0.4) is 0 Å². The number of aryl methyl sites for hydroxylation is 2. The number of urea groups is 1. The average molecular weight is 748 g/mol. The molecule has 0 N–H and O–H groups in total. The largest absolute Gasteiger partial charge is 0.741 e. The van der Waals surface area contributed by atoms with Crippen molar-refractivity contribution in [3.8, 4) is 33.6 Å². The van der Waals surface area contributed by atoms with Crippen molar-refractivity contribution in [1.82, 2.24) is 9.80 Å². The number of fused-ring (bicyclic) bond motifs is 6. The third-order valence-electron chi connectivity index (χ3n) is 9.43. The minimum Gasteiger partial charge on any atom is -0.741 e. The molecule has 0 bridgehead atoms. The molecule has 1 aliphatic heterocycles. The van der Waals surface area contributed by atoms with Crippen molar-refractivity contribution in [2.75, 3.05) is 27.2 Å². The van der Waals surface area contributed by atoms with Gasteiger partial charge in [-0.05, 0) is 86.9 Å². The van der Waals surface area contributed by atoms with E-state index in [0.29, 0.717) is 0 Å². The highest BCUT2D eigenvalue weighted by molar-refractivity contribution is 7.86. The molecule has 7 rings (SSSR count). The molecule has 278 valence electrons. The Kier molecular flexibility index (Phi) is 11.1. The summed E-state index contributed by atoms with van der Waals surface area (Å²) in [4.78, 5) is 14.5. The molecule has 0 saturated carbocycles. The maximum Gasteiger partial charge on any atom is 0.485 e. The van der Waals surface area contributed by atoms with Crippen molar-refractivity contribution >= 4 is 16.1 Å². The molecule has 0 spiro atoms. The number of carbonyl (C=O) groups is 1. The summed E-state index contributed by atoms with van der Waals surface area (Å²) in [5, 5.41) is 0. The summed E-state index contributed by atoms with van der Waals surface area (Å²) < 4.78 is 101. The lowest BCUT2D eigenvalue weighted by molar-refractivity contribution is -0.696. The van der Waals surface area contributed by atoms with Gasteiger partial charge in [0.15, 0.2) is 16.2 Å². The van der Waals surface area contributed by atoms with E-state index in [1.54, 1.807) is 21.9 Å². The van der Waals surface area contributed by atoms with Crippen LogP contribution in [-0.4, -0.2) is 61.5 Å². The van der Waals surface area contributed by atoms with Crippen LogP contribution in [0, 0.1) is 0 Å². The minimum absolute atomic E-state index is 0.140. The second kappa shape index (κ2) is 14.9. The zero-order valence-corrected chi connectivity index (χ0v) is 29.9. The van der Waals surface area contributed by atoms with Crippen molar-refractivity contribution in [3.63, 3.8) is 0 Å². The fourth-order valence-corrected chi connectivity index (χ4v) is 7.07. The number of aromatic nitrogens is 1. The normalized spacial score (nSPS) is 15.3. The van der Waals surface area contributed by atoms with Crippen LogP contribution >= 0.6 is 0 Å². The van der Waals surface area contributed by atoms with E-state index in [1.807, 2.05) is 14.1 Å². The van der Waals surface area contributed by atoms with Gasteiger partial charge in [-0.2, -0.15) is 30.9 Å². The Labute approximate surface area is 299 Å². The third kappa shape index (κ3) is 7.97. The van der Waals surface area contributed by atoms with Crippen molar-refractivity contribution < 1.29 is 48.7 Å². The summed E-state index contributed by atoms with van der Waals surface area (Å²) in [6, 6.07) is 23.3. The molecule has 2 amide bonds. The van der Waals surface area contributed by atoms with Crippen LogP contribution < -0.4 is 4.57 Å². The van der Waals surface area contributed by atoms with Gasteiger partial charge in [0.05, 0.1) is 5.56 Å². The number of alkyl halides is 6. The number of carbonyl (C=O) groups excluding carboxylic acids is 1. The summed E-state index contributed by atoms with van der Waals surface area (Å²) in [6.45, 7) is 6.27. The molecule has 3 aromatic carbocycles. The first kappa shape index (κ1) is 38.8. The van der Waals surface area contributed by atoms with E-state index in [4.69, 9.17) is 13.0 Å². The molecule has 1 aromatic heterocycles. The van der Waals surface area contributed by atoms with E-state index in [9.17, 15) is 31.1 Å². The van der Waals surface area contributed by atoms with Crippen LogP contribution in [0.5, 0.6) is 0 Å². The molecular weight excluding hydrogens is 708 g/mol. The van der Waals surface area contributed by atoms with Gasteiger partial charge < -0.3 is 14.4 Å². The molecule has 0 radical (unpaired) electrons. The standard InChI is InChI=1S/C31H27F3N.C6H12N2O.CHF3O3S/c1-19(2)35-29-24-9-5-3-7-20(24)13-17-26(29)28(22-11-15-23(16-12-22)31(32,33)34)27-18-14-21-8-4-6-10-25(21)30(27)35;1-7-4-3-5-8(2)6(7)9;2-1(3,4)8(5,6)7/h3-12,15-16,19H,13-14,17-18H2,1-2H3;3-5H2,1-2H3;(H,5,6,7)/q+1;;/p-1. The number of benzene rings is 3. The summed E-state index contributed by atoms with van der Waals surface area (Å²) in [5.74, 6) is 0. The molecule has 3 aliphatic rings. The second-order valence-electron chi connectivity index (χ2n) is 13.3. The van der Waals surface area contributed by atoms with Gasteiger partial charge in [-0.1, -0.05) is 48.5 Å². The lowest BCUT2D eigenvalue weighted by Crippen LogP contribution is -2.45. The van der Waals surface area contributed by atoms with Crippen molar-refractivity contribution in [2.24, 2.45) is 0 Å². The van der Waals surface area contributed by atoms with Crippen LogP contribution in [0.4, 0.5) is 31.1 Å². The molecule has 7 nitrogen and oxygen atoms in total. The number of hydrogen-bond donors (Lipinski definition) is 0. The maximum absolute atomic E-state index is 13.3. The Morgan fingerprint density at radius 1 is 0.712 bits per heavy atom. The average Bonchev–Trinajstić information content (AvgIpc) is 3.08. The predicted octanol–water partition coefficient (Wildman–Crippen LogP) is 8.20. The van der Waals surface area contributed by atoms with E-state index in [1.165, 1.54) is 56.9 Å². The van der Waals surface area contributed by atoms with Crippen molar-refractivity contribution in [1.29, 1.82) is 0 Å². The summed E-state index contributed by atoms with van der Waals surface area (Å²) in [7, 11) is -2.43. The molecule has 2 aliphatic carbocycles. The first-order valence-electron chi connectivity index (χ1n) is 16.8. The highest BCUT2D eigenvalue weighted by atomic mass is 32.2. The molecule has 4 aromatic rings. The number of nitrogens with zero attached hydrogens (tertiary/aromatic N) is 3. The molecule has 0 unspecified atom stereocenters. The maximum atomic E-state index is 13.3. The quantitative estimate of drug-likeness (QED) is 0.0897. The van der Waals surface area contributed by atoms with Gasteiger partial charge >= 0.3 is 17.7 Å². The van der Waals surface area contributed by atoms with Gasteiger partial charge in [0.2, 0.25) is 11.4 Å². The van der Waals surface area contributed by atoms with Gasteiger partial charge in [-0.3, -0.25) is 0 Å². The van der Waals surface area contributed by atoms with Crippen molar-refractivity contribution in [3.05, 3.63) is 101 Å². The van der Waals surface area contributed by atoms with E-state index in [0.717, 1.165) is 56.3 Å². The fourth-order valence-electron chi connectivity index (χ4n) is 7.07. The first-order chi connectivity index (χ1) is 24.3. The highest BCUT2D eigenvalue weighted by Gasteiger charge is 2.39. The predicted molar refractivity (Wildman–Crippen MR) is 184 cm³/mol. The lowest BCUT2D eigenvalue weighted by atomic mass is 9.77. The fraction of sp³-hybridized carbons (Fsp3) is 0.368. The number of rotatable bonds is 2. The summed E-state index contributed by atoms with van der Waals surface area (Å²) in [6.07, 6.45) is 0.384. The lowest BCUT2D eigenvalue weighted by Gasteiger charge is -2.30. The third-order valence-corrected chi connectivity index (χ3v) is 10.00. The van der Waals surface area contributed by atoms with Gasteiger partial charge in [-0.25, -0.2) is 13.2 Å². The van der Waals surface area contributed by atoms with Gasteiger partial charge in [-0.15, -0.1) is 0 Å². The Morgan fingerprint density at radius 3 is 1.50 bits per heavy atom. The summed E-state index contributed by atoms with van der Waals surface area (Å²) in [5.41, 5.74) is 5.84. The van der Waals surface area contributed by atoms with E-state index in [2.05, 4.69) is 66.9 Å². The molecule has 0 atom stereocenters. The zero-order valence-electron chi connectivity index (χ0n) is 29.1. The van der Waals surface area contributed by atoms with Crippen LogP contribution in [0.25, 0.3) is 33.6 Å². The number of hydrogen-bond acceptors (Lipinski definition) is 4.